The summed E-state index contributed by atoms with van der Waals surface area (Å²) in [6.45, 7) is 1.33. The van der Waals surface area contributed by atoms with E-state index in [1.165, 1.54) is 13.1 Å². The van der Waals surface area contributed by atoms with Gasteiger partial charge in [0, 0.05) is 13.1 Å². The van der Waals surface area contributed by atoms with Crippen molar-refractivity contribution in [3.8, 4) is 0 Å². The molecule has 0 aliphatic carbocycles. The Morgan fingerprint density at radius 1 is 1.64 bits per heavy atom. The third-order valence-electron chi connectivity index (χ3n) is 0.801. The predicted molar refractivity (Wildman–Crippen MR) is 39.2 cm³/mol. The van der Waals surface area contributed by atoms with Gasteiger partial charge in [-0.1, -0.05) is 0 Å². The lowest BCUT2D eigenvalue weighted by molar-refractivity contribution is -0.136. The van der Waals surface area contributed by atoms with Gasteiger partial charge in [-0.05, 0) is 6.42 Å². The Bertz CT molecular complexity index is 177. The molecule has 0 unspecified atom stereocenters. The Hall–Kier alpha value is -1.39. The highest BCUT2D eigenvalue weighted by Crippen LogP contribution is 1.82. The Morgan fingerprint density at radius 3 is 2.73 bits per heavy atom. The molecule has 0 aromatic heterocycles. The highest BCUT2D eigenvalue weighted by atomic mass is 16.4. The molecular formula is C6H10N2O3. The minimum Gasteiger partial charge on any atom is -0.481 e. The van der Waals surface area contributed by atoms with Gasteiger partial charge in [-0.15, -0.1) is 0 Å². The van der Waals surface area contributed by atoms with Crippen molar-refractivity contribution in [2.24, 2.45) is 5.10 Å². The van der Waals surface area contributed by atoms with E-state index >= 15 is 0 Å². The van der Waals surface area contributed by atoms with Crippen molar-refractivity contribution < 1.29 is 14.7 Å². The molecule has 0 aliphatic heterocycles. The van der Waals surface area contributed by atoms with Crippen molar-refractivity contribution in [3.63, 3.8) is 0 Å². The van der Waals surface area contributed by atoms with Gasteiger partial charge < -0.3 is 5.11 Å². The number of carboxylic acids is 1. The molecule has 2 N–H and O–H groups in total. The van der Waals surface area contributed by atoms with Crippen LogP contribution in [0.25, 0.3) is 0 Å². The van der Waals surface area contributed by atoms with Crippen LogP contribution in [0.3, 0.4) is 0 Å². The van der Waals surface area contributed by atoms with E-state index in [1.807, 2.05) is 0 Å². The molecule has 0 atom stereocenters. The highest BCUT2D eigenvalue weighted by Gasteiger charge is 1.92. The fourth-order valence-electron chi connectivity index (χ4n) is 0.389. The Kier molecular flexibility index (Phi) is 4.72. The number of carbonyl (C=O) groups is 2. The number of rotatable bonds is 4. The number of carbonyl (C=O) groups excluding carboxylic acids is 1. The molecule has 0 heterocycles. The number of carboxylic acid groups (broad SMARTS) is 1. The van der Waals surface area contributed by atoms with Crippen LogP contribution in [0.15, 0.2) is 5.10 Å². The monoisotopic (exact) mass is 158 g/mol. The molecule has 62 valence electrons. The lowest BCUT2D eigenvalue weighted by Gasteiger charge is -1.89. The lowest BCUT2D eigenvalue weighted by Crippen LogP contribution is -2.12. The van der Waals surface area contributed by atoms with E-state index in [1.54, 1.807) is 0 Å². The summed E-state index contributed by atoms with van der Waals surface area (Å²) < 4.78 is 0. The number of amides is 1. The van der Waals surface area contributed by atoms with Crippen LogP contribution in [-0.2, 0) is 9.59 Å². The number of nitrogens with one attached hydrogen (secondary N) is 1. The molecule has 5 nitrogen and oxygen atoms in total. The molecule has 1 amide bonds. The van der Waals surface area contributed by atoms with Crippen LogP contribution < -0.4 is 5.43 Å². The van der Waals surface area contributed by atoms with Crippen molar-refractivity contribution in [1.29, 1.82) is 0 Å². The van der Waals surface area contributed by atoms with E-state index in [-0.39, 0.29) is 12.3 Å². The Labute approximate surface area is 64.1 Å². The second-order valence-corrected chi connectivity index (χ2v) is 1.91. The van der Waals surface area contributed by atoms with Gasteiger partial charge in [-0.3, -0.25) is 9.59 Å². The molecule has 0 saturated carbocycles. The summed E-state index contributed by atoms with van der Waals surface area (Å²) in [6, 6.07) is 0. The van der Waals surface area contributed by atoms with Crippen LogP contribution in [-0.4, -0.2) is 23.2 Å². The second-order valence-electron chi connectivity index (χ2n) is 1.91. The molecule has 0 fully saturated rings. The Balaban J connectivity index is 3.30. The van der Waals surface area contributed by atoms with Crippen molar-refractivity contribution in [2.75, 3.05) is 0 Å². The van der Waals surface area contributed by atoms with Crippen LogP contribution in [0.2, 0.25) is 0 Å². The van der Waals surface area contributed by atoms with Crippen LogP contribution in [0.1, 0.15) is 19.8 Å². The maximum atomic E-state index is 10.2. The molecule has 0 radical (unpaired) electrons. The second kappa shape index (κ2) is 5.40. The SMILES string of the molecule is CC(=O)N/N=C/CCC(=O)O. The van der Waals surface area contributed by atoms with Gasteiger partial charge in [0.15, 0.2) is 0 Å². The third-order valence-corrected chi connectivity index (χ3v) is 0.801. The zero-order valence-corrected chi connectivity index (χ0v) is 6.20. The maximum Gasteiger partial charge on any atom is 0.303 e. The van der Waals surface area contributed by atoms with Gasteiger partial charge >= 0.3 is 5.97 Å². The van der Waals surface area contributed by atoms with E-state index in [9.17, 15) is 9.59 Å². The molecule has 0 aromatic carbocycles. The summed E-state index contributed by atoms with van der Waals surface area (Å²) in [5.41, 5.74) is 2.16. The summed E-state index contributed by atoms with van der Waals surface area (Å²) >= 11 is 0. The molecule has 0 bridgehead atoms. The fourth-order valence-corrected chi connectivity index (χ4v) is 0.389. The molecule has 0 aliphatic rings. The van der Waals surface area contributed by atoms with E-state index in [0.717, 1.165) is 0 Å². The molecular weight excluding hydrogens is 148 g/mol. The van der Waals surface area contributed by atoms with Crippen molar-refractivity contribution in [2.45, 2.75) is 19.8 Å². The number of hydrogen-bond acceptors (Lipinski definition) is 3. The van der Waals surface area contributed by atoms with Crippen LogP contribution in [0.5, 0.6) is 0 Å². The molecule has 0 saturated heterocycles. The minimum atomic E-state index is -0.876. The Morgan fingerprint density at radius 2 is 2.27 bits per heavy atom. The number of nitrogens with zero attached hydrogens (tertiary/aromatic N) is 1. The molecule has 0 spiro atoms. The van der Waals surface area contributed by atoms with Gasteiger partial charge in [-0.2, -0.15) is 5.10 Å². The summed E-state index contributed by atoms with van der Waals surface area (Å²) in [5, 5.41) is 11.6. The van der Waals surface area contributed by atoms with Crippen LogP contribution in [0.4, 0.5) is 0 Å². The fraction of sp³-hybridized carbons (Fsp3) is 0.500. The topological polar surface area (TPSA) is 78.8 Å². The number of hydrazone groups is 1. The number of aliphatic carboxylic acids is 1. The van der Waals surface area contributed by atoms with E-state index in [4.69, 9.17) is 5.11 Å². The summed E-state index contributed by atoms with van der Waals surface area (Å²) in [6.07, 6.45) is 1.72. The lowest BCUT2D eigenvalue weighted by atomic mass is 10.3. The van der Waals surface area contributed by atoms with Gasteiger partial charge in [0.1, 0.15) is 0 Å². The number of hydrogen-bond donors (Lipinski definition) is 2. The first-order valence-corrected chi connectivity index (χ1v) is 3.13. The molecule has 0 rings (SSSR count). The first-order valence-electron chi connectivity index (χ1n) is 3.13. The standard InChI is InChI=1S/C6H10N2O3/c1-5(9)8-7-4-2-3-6(10)11/h4H,2-3H2,1H3,(H,8,9)(H,10,11)/b7-4+. The minimum absolute atomic E-state index is 0.0308. The van der Waals surface area contributed by atoms with Crippen molar-refractivity contribution >= 4 is 18.1 Å². The smallest absolute Gasteiger partial charge is 0.303 e. The first-order chi connectivity index (χ1) is 5.13. The van der Waals surface area contributed by atoms with Gasteiger partial charge in [0.25, 0.3) is 0 Å². The molecule has 11 heavy (non-hydrogen) atoms. The maximum absolute atomic E-state index is 10.2. The summed E-state index contributed by atoms with van der Waals surface area (Å²) in [7, 11) is 0. The summed E-state index contributed by atoms with van der Waals surface area (Å²) in [4.78, 5) is 20.1. The summed E-state index contributed by atoms with van der Waals surface area (Å²) in [5.74, 6) is -1.14. The van der Waals surface area contributed by atoms with E-state index in [0.29, 0.717) is 6.42 Å². The quantitative estimate of drug-likeness (QED) is 0.445. The van der Waals surface area contributed by atoms with Crippen molar-refractivity contribution in [3.05, 3.63) is 0 Å². The van der Waals surface area contributed by atoms with Crippen molar-refractivity contribution in [1.82, 2.24) is 5.43 Å². The average molecular weight is 158 g/mol. The predicted octanol–water partition coefficient (Wildman–Crippen LogP) is -0.0269. The first kappa shape index (κ1) is 9.61. The molecule has 0 aromatic rings. The van der Waals surface area contributed by atoms with Gasteiger partial charge in [-0.25, -0.2) is 5.43 Å². The largest absolute Gasteiger partial charge is 0.481 e. The average Bonchev–Trinajstić information content (AvgIpc) is 1.85. The van der Waals surface area contributed by atoms with E-state index < -0.39 is 5.97 Å². The van der Waals surface area contributed by atoms with Crippen LogP contribution in [0, 0.1) is 0 Å². The van der Waals surface area contributed by atoms with Gasteiger partial charge in [0.2, 0.25) is 5.91 Å². The van der Waals surface area contributed by atoms with Crippen LogP contribution >= 0.6 is 0 Å². The third kappa shape index (κ3) is 8.61. The molecule has 5 heteroatoms. The zero-order valence-electron chi connectivity index (χ0n) is 6.20. The van der Waals surface area contributed by atoms with Gasteiger partial charge in [0.05, 0.1) is 6.42 Å². The zero-order chi connectivity index (χ0) is 8.69. The van der Waals surface area contributed by atoms with E-state index in [2.05, 4.69) is 10.5 Å². The highest BCUT2D eigenvalue weighted by molar-refractivity contribution is 5.75. The normalized spacial score (nSPS) is 9.91.